The van der Waals surface area contributed by atoms with E-state index in [1.54, 1.807) is 30.2 Å². The van der Waals surface area contributed by atoms with Crippen molar-refractivity contribution in [1.82, 2.24) is 9.88 Å². The monoisotopic (exact) mass is 382 g/mol. The zero-order valence-corrected chi connectivity index (χ0v) is 15.6. The minimum Gasteiger partial charge on any atom is -0.496 e. The van der Waals surface area contributed by atoms with Crippen molar-refractivity contribution < 1.29 is 23.9 Å². The van der Waals surface area contributed by atoms with Crippen molar-refractivity contribution in [2.45, 2.75) is 12.8 Å². The number of aromatic nitrogens is 1. The summed E-state index contributed by atoms with van der Waals surface area (Å²) in [6, 6.07) is 8.73. The van der Waals surface area contributed by atoms with E-state index < -0.39 is 12.6 Å². The van der Waals surface area contributed by atoms with E-state index in [0.717, 1.165) is 31.5 Å². The maximum Gasteiger partial charge on any atom is 0.331 e. The molecule has 7 heteroatoms. The Morgan fingerprint density at radius 3 is 2.68 bits per heavy atom. The van der Waals surface area contributed by atoms with E-state index in [0.29, 0.717) is 17.0 Å². The van der Waals surface area contributed by atoms with Crippen LogP contribution < -0.4 is 4.74 Å². The highest BCUT2D eigenvalue weighted by atomic mass is 16.5. The second-order valence-corrected chi connectivity index (χ2v) is 6.41. The molecular formula is C21H22N2O5. The number of hydrogen-bond acceptors (Lipinski definition) is 5. The highest BCUT2D eigenvalue weighted by Gasteiger charge is 2.21. The molecule has 1 aromatic heterocycles. The van der Waals surface area contributed by atoms with Crippen LogP contribution in [0.2, 0.25) is 0 Å². The van der Waals surface area contributed by atoms with Gasteiger partial charge < -0.3 is 19.4 Å². The van der Waals surface area contributed by atoms with Gasteiger partial charge in [0, 0.05) is 36.5 Å². The van der Waals surface area contributed by atoms with Crippen LogP contribution in [-0.4, -0.2) is 54.3 Å². The fraction of sp³-hybridized carbons (Fsp3) is 0.286. The van der Waals surface area contributed by atoms with E-state index in [9.17, 15) is 14.4 Å². The summed E-state index contributed by atoms with van der Waals surface area (Å²) >= 11 is 0. The van der Waals surface area contributed by atoms with Crippen LogP contribution in [0.1, 0.15) is 39.3 Å². The van der Waals surface area contributed by atoms with Gasteiger partial charge in [0.05, 0.1) is 7.11 Å². The van der Waals surface area contributed by atoms with Gasteiger partial charge in [-0.1, -0.05) is 18.2 Å². The molecule has 1 aliphatic heterocycles. The number of nitrogens with zero attached hydrogens (tertiary/aromatic N) is 1. The fourth-order valence-electron chi connectivity index (χ4n) is 3.00. The molecule has 0 unspecified atom stereocenters. The first-order valence-electron chi connectivity index (χ1n) is 9.07. The maximum absolute atomic E-state index is 12.3. The summed E-state index contributed by atoms with van der Waals surface area (Å²) in [5, 5.41) is 0. The maximum atomic E-state index is 12.3. The van der Waals surface area contributed by atoms with Gasteiger partial charge in [0.2, 0.25) is 5.78 Å². The molecule has 3 rings (SSSR count). The number of ether oxygens (including phenoxy) is 2. The number of para-hydroxylation sites is 1. The Morgan fingerprint density at radius 2 is 1.93 bits per heavy atom. The van der Waals surface area contributed by atoms with Gasteiger partial charge in [-0.3, -0.25) is 9.59 Å². The van der Waals surface area contributed by atoms with Crippen LogP contribution in [0, 0.1) is 0 Å². The van der Waals surface area contributed by atoms with Crippen LogP contribution >= 0.6 is 0 Å². The number of rotatable bonds is 7. The van der Waals surface area contributed by atoms with Crippen LogP contribution in [0.3, 0.4) is 0 Å². The van der Waals surface area contributed by atoms with Crippen molar-refractivity contribution in [1.29, 1.82) is 0 Å². The number of esters is 1. The van der Waals surface area contributed by atoms with Gasteiger partial charge in [-0.25, -0.2) is 4.79 Å². The Hall–Kier alpha value is -3.35. The zero-order valence-electron chi connectivity index (χ0n) is 15.6. The fourth-order valence-corrected chi connectivity index (χ4v) is 3.00. The molecule has 2 aromatic rings. The van der Waals surface area contributed by atoms with E-state index in [-0.39, 0.29) is 11.7 Å². The third-order valence-corrected chi connectivity index (χ3v) is 4.51. The largest absolute Gasteiger partial charge is 0.496 e. The number of nitrogens with one attached hydrogen (secondary N) is 1. The molecule has 1 N–H and O–H groups in total. The number of H-pyrrole nitrogens is 1. The van der Waals surface area contributed by atoms with E-state index >= 15 is 0 Å². The summed E-state index contributed by atoms with van der Waals surface area (Å²) in [5.74, 6) is -0.502. The van der Waals surface area contributed by atoms with Gasteiger partial charge in [0.1, 0.15) is 11.4 Å². The number of methoxy groups -OCH3 is 1. The Labute approximate surface area is 162 Å². The molecule has 146 valence electrons. The summed E-state index contributed by atoms with van der Waals surface area (Å²) in [5.41, 5.74) is 1.40. The first-order valence-corrected chi connectivity index (χ1v) is 9.07. The van der Waals surface area contributed by atoms with Crippen LogP contribution in [0.15, 0.2) is 42.6 Å². The van der Waals surface area contributed by atoms with E-state index in [1.807, 2.05) is 12.1 Å². The van der Waals surface area contributed by atoms with E-state index in [1.165, 1.54) is 18.3 Å². The standard InChI is InChI=1S/C21H22N2O5/c1-27-19-7-3-2-6-15(19)8-9-20(25)28-14-18(24)16-12-17(22-13-16)21(26)23-10-4-5-11-23/h2-3,6-9,12-13,22H,4-5,10-11,14H2,1H3/b9-8+. The number of benzene rings is 1. The van der Waals surface area contributed by atoms with Gasteiger partial charge in [-0.05, 0) is 31.1 Å². The van der Waals surface area contributed by atoms with Crippen molar-refractivity contribution in [2.75, 3.05) is 26.8 Å². The number of carbonyl (C=O) groups is 3. The predicted molar refractivity (Wildman–Crippen MR) is 103 cm³/mol. The number of carbonyl (C=O) groups excluding carboxylic acids is 3. The van der Waals surface area contributed by atoms with E-state index in [4.69, 9.17) is 9.47 Å². The molecule has 0 radical (unpaired) electrons. The Balaban J connectivity index is 1.53. The molecule has 1 fully saturated rings. The Morgan fingerprint density at radius 1 is 1.18 bits per heavy atom. The summed E-state index contributed by atoms with van der Waals surface area (Å²) in [4.78, 5) is 41.0. The molecule has 1 saturated heterocycles. The number of ketones is 1. The zero-order chi connectivity index (χ0) is 19.9. The average molecular weight is 382 g/mol. The lowest BCUT2D eigenvalue weighted by Gasteiger charge is -2.13. The lowest BCUT2D eigenvalue weighted by molar-refractivity contribution is -0.136. The summed E-state index contributed by atoms with van der Waals surface area (Å²) < 4.78 is 10.2. The molecule has 1 aliphatic rings. The second-order valence-electron chi connectivity index (χ2n) is 6.41. The molecule has 0 aliphatic carbocycles. The molecule has 0 atom stereocenters. The SMILES string of the molecule is COc1ccccc1/C=C/C(=O)OCC(=O)c1c[nH]c(C(=O)N2CCCC2)c1. The first kappa shape index (κ1) is 19.4. The third-order valence-electron chi connectivity index (χ3n) is 4.51. The van der Waals surface area contributed by atoms with Crippen LogP contribution in [-0.2, 0) is 9.53 Å². The minimum absolute atomic E-state index is 0.117. The van der Waals surface area contributed by atoms with Gasteiger partial charge >= 0.3 is 5.97 Å². The quantitative estimate of drug-likeness (QED) is 0.452. The van der Waals surface area contributed by atoms with Crippen molar-refractivity contribution in [2.24, 2.45) is 0 Å². The molecule has 1 aromatic carbocycles. The molecule has 28 heavy (non-hydrogen) atoms. The lowest BCUT2D eigenvalue weighted by Crippen LogP contribution is -2.27. The van der Waals surface area contributed by atoms with Crippen molar-refractivity contribution in [3.05, 3.63) is 59.4 Å². The molecule has 0 saturated carbocycles. The highest BCUT2D eigenvalue weighted by Crippen LogP contribution is 2.18. The van der Waals surface area contributed by atoms with Gasteiger partial charge in [-0.15, -0.1) is 0 Å². The molecular weight excluding hydrogens is 360 g/mol. The highest BCUT2D eigenvalue weighted by molar-refractivity contribution is 6.01. The Bertz CT molecular complexity index is 894. The predicted octanol–water partition coefficient (Wildman–Crippen LogP) is 2.70. The van der Waals surface area contributed by atoms with Gasteiger partial charge in [-0.2, -0.15) is 0 Å². The molecule has 1 amide bonds. The summed E-state index contributed by atoms with van der Waals surface area (Å²) in [6.45, 7) is 1.07. The Kier molecular flexibility index (Phi) is 6.26. The van der Waals surface area contributed by atoms with Gasteiger partial charge in [0.15, 0.2) is 6.61 Å². The lowest BCUT2D eigenvalue weighted by atomic mass is 10.2. The number of likely N-dealkylation sites (tertiary alicyclic amines) is 1. The summed E-state index contributed by atoms with van der Waals surface area (Å²) in [6.07, 6.45) is 6.26. The van der Waals surface area contributed by atoms with Crippen LogP contribution in [0.5, 0.6) is 5.75 Å². The van der Waals surface area contributed by atoms with E-state index in [2.05, 4.69) is 4.98 Å². The normalized spacial score (nSPS) is 13.7. The number of hydrogen-bond donors (Lipinski definition) is 1. The third kappa shape index (κ3) is 4.68. The minimum atomic E-state index is -0.636. The van der Waals surface area contributed by atoms with Crippen LogP contribution in [0.4, 0.5) is 0 Å². The topological polar surface area (TPSA) is 88.7 Å². The number of amides is 1. The molecule has 0 bridgehead atoms. The van der Waals surface area contributed by atoms with Crippen molar-refractivity contribution in [3.63, 3.8) is 0 Å². The molecule has 7 nitrogen and oxygen atoms in total. The van der Waals surface area contributed by atoms with Crippen molar-refractivity contribution >= 4 is 23.7 Å². The molecule has 0 spiro atoms. The van der Waals surface area contributed by atoms with Gasteiger partial charge in [0.25, 0.3) is 5.91 Å². The van der Waals surface area contributed by atoms with Crippen LogP contribution in [0.25, 0.3) is 6.08 Å². The first-order chi connectivity index (χ1) is 13.6. The molecule has 2 heterocycles. The summed E-state index contributed by atoms with van der Waals surface area (Å²) in [7, 11) is 1.54. The number of Topliss-reactive ketones (excluding diaryl/α,β-unsaturated/α-hetero) is 1. The smallest absolute Gasteiger partial charge is 0.331 e. The number of aromatic amines is 1. The average Bonchev–Trinajstić information content (AvgIpc) is 3.42. The van der Waals surface area contributed by atoms with Crippen molar-refractivity contribution in [3.8, 4) is 5.75 Å². The second kappa shape index (κ2) is 9.03.